The molecule has 1 aliphatic rings. The highest BCUT2D eigenvalue weighted by Gasteiger charge is 2.24. The highest BCUT2D eigenvalue weighted by atomic mass is 32.2. The van der Waals surface area contributed by atoms with E-state index in [0.717, 1.165) is 29.7 Å². The lowest BCUT2D eigenvalue weighted by Crippen LogP contribution is -2.21. The molecule has 0 fully saturated rings. The summed E-state index contributed by atoms with van der Waals surface area (Å²) >= 11 is 1.48. The molecule has 1 N–H and O–H groups in total. The van der Waals surface area contributed by atoms with Crippen molar-refractivity contribution in [3.05, 3.63) is 39.9 Å². The second kappa shape index (κ2) is 8.45. The van der Waals surface area contributed by atoms with Crippen LogP contribution in [0.5, 0.6) is 0 Å². The van der Waals surface area contributed by atoms with Gasteiger partial charge in [0.25, 0.3) is 11.7 Å². The van der Waals surface area contributed by atoms with Crippen molar-refractivity contribution in [3.63, 3.8) is 0 Å². The molecule has 2 aromatic rings. The molecular formula is C17H13F2N3O3S2. The van der Waals surface area contributed by atoms with Crippen LogP contribution in [0.25, 0.3) is 0 Å². The monoisotopic (exact) mass is 409 g/mol. The van der Waals surface area contributed by atoms with Gasteiger partial charge in [-0.15, -0.1) is 11.3 Å². The fourth-order valence-electron chi connectivity index (χ4n) is 2.71. The molecule has 2 aromatic heterocycles. The number of halogens is 2. The number of fused-ring (bicyclic) bond motifs is 1. The Bertz CT molecular complexity index is 925. The normalized spacial score (nSPS) is 12.5. The van der Waals surface area contributed by atoms with Gasteiger partial charge in [-0.2, -0.15) is 14.0 Å². The van der Waals surface area contributed by atoms with E-state index in [4.69, 9.17) is 4.74 Å². The number of nitrogens with zero attached hydrogens (tertiary/aromatic N) is 2. The third kappa shape index (κ3) is 4.43. The zero-order valence-corrected chi connectivity index (χ0v) is 15.5. The summed E-state index contributed by atoms with van der Waals surface area (Å²) in [5.74, 6) is -4.26. The molecule has 27 heavy (non-hydrogen) atoms. The molecular weight excluding hydrogens is 396 g/mol. The fraction of sp³-hybridized carbons (Fsp3) is 0.294. The number of hydrogen-bond donors (Lipinski definition) is 1. The molecule has 6 nitrogen and oxygen atoms in total. The first-order valence-corrected chi connectivity index (χ1v) is 9.60. The molecule has 2 heterocycles. The Labute approximate surface area is 161 Å². The maximum atomic E-state index is 12.5. The molecule has 0 atom stereocenters. The molecule has 0 aliphatic heterocycles. The second-order valence-corrected chi connectivity index (χ2v) is 7.62. The van der Waals surface area contributed by atoms with Gasteiger partial charge >= 0.3 is 5.97 Å². The number of pyridine rings is 1. The van der Waals surface area contributed by atoms with Gasteiger partial charge in [-0.05, 0) is 48.7 Å². The largest absolute Gasteiger partial charge is 0.452 e. The van der Waals surface area contributed by atoms with Crippen LogP contribution >= 0.6 is 23.1 Å². The number of nitriles is 1. The van der Waals surface area contributed by atoms with E-state index in [1.807, 2.05) is 0 Å². The van der Waals surface area contributed by atoms with E-state index in [0.29, 0.717) is 10.6 Å². The van der Waals surface area contributed by atoms with Crippen molar-refractivity contribution in [2.75, 3.05) is 11.9 Å². The van der Waals surface area contributed by atoms with Crippen molar-refractivity contribution in [2.45, 2.75) is 30.0 Å². The summed E-state index contributed by atoms with van der Waals surface area (Å²) in [4.78, 5) is 29.0. The second-order valence-electron chi connectivity index (χ2n) is 5.53. The third-order valence-electron chi connectivity index (χ3n) is 3.81. The maximum absolute atomic E-state index is 12.5. The topological polar surface area (TPSA) is 92.1 Å². The Kier molecular flexibility index (Phi) is 6.03. The summed E-state index contributed by atoms with van der Waals surface area (Å²) in [6, 6.07) is 4.82. The summed E-state index contributed by atoms with van der Waals surface area (Å²) < 4.78 is 30.0. The van der Waals surface area contributed by atoms with Gasteiger partial charge in [0.1, 0.15) is 16.1 Å². The lowest BCUT2D eigenvalue weighted by atomic mass is 10.1. The third-order valence-corrected chi connectivity index (χ3v) is 5.75. The van der Waals surface area contributed by atoms with E-state index >= 15 is 0 Å². The summed E-state index contributed by atoms with van der Waals surface area (Å²) in [6.45, 7) is -0.597. The predicted octanol–water partition coefficient (Wildman–Crippen LogP) is 3.61. The Morgan fingerprint density at radius 1 is 1.44 bits per heavy atom. The van der Waals surface area contributed by atoms with Crippen LogP contribution in [0.15, 0.2) is 23.4 Å². The number of esters is 1. The van der Waals surface area contributed by atoms with Crippen LogP contribution in [0.1, 0.15) is 32.8 Å². The number of rotatable bonds is 6. The average molecular weight is 409 g/mol. The molecule has 3 rings (SSSR count). The number of aryl methyl sites for hydroxylation is 1. The van der Waals surface area contributed by atoms with Crippen molar-refractivity contribution < 1.29 is 23.1 Å². The van der Waals surface area contributed by atoms with Crippen LogP contribution in [0.4, 0.5) is 13.8 Å². The molecule has 0 unspecified atom stereocenters. The number of carbonyl (C=O) groups is 2. The highest BCUT2D eigenvalue weighted by Crippen LogP contribution is 2.38. The molecule has 1 aliphatic carbocycles. The minimum Gasteiger partial charge on any atom is -0.452 e. The minimum absolute atomic E-state index is 0.128. The molecule has 0 saturated carbocycles. The van der Waals surface area contributed by atoms with Crippen LogP contribution < -0.4 is 5.32 Å². The first-order chi connectivity index (χ1) is 13.0. The Morgan fingerprint density at radius 3 is 3.00 bits per heavy atom. The first-order valence-electron chi connectivity index (χ1n) is 7.91. The van der Waals surface area contributed by atoms with Crippen molar-refractivity contribution in [1.29, 1.82) is 5.26 Å². The quantitative estimate of drug-likeness (QED) is 0.579. The molecule has 0 aromatic carbocycles. The van der Waals surface area contributed by atoms with E-state index in [-0.39, 0.29) is 22.4 Å². The van der Waals surface area contributed by atoms with E-state index in [2.05, 4.69) is 16.4 Å². The zero-order valence-electron chi connectivity index (χ0n) is 13.8. The van der Waals surface area contributed by atoms with Crippen LogP contribution in [0.3, 0.4) is 0 Å². The number of anilines is 1. The maximum Gasteiger partial charge on any atom is 0.341 e. The van der Waals surface area contributed by atoms with E-state index < -0.39 is 24.2 Å². The zero-order chi connectivity index (χ0) is 19.4. The van der Waals surface area contributed by atoms with Gasteiger partial charge in [0, 0.05) is 11.1 Å². The average Bonchev–Trinajstić information content (AvgIpc) is 3.20. The number of thioether (sulfide) groups is 1. The number of nitrogens with one attached hydrogen (secondary N) is 1. The lowest BCUT2D eigenvalue weighted by molar-refractivity contribution is -0.119. The van der Waals surface area contributed by atoms with E-state index in [1.165, 1.54) is 29.7 Å². The molecule has 0 radical (unpaired) electrons. The van der Waals surface area contributed by atoms with Crippen LogP contribution in [-0.4, -0.2) is 29.2 Å². The lowest BCUT2D eigenvalue weighted by Gasteiger charge is -2.08. The summed E-state index contributed by atoms with van der Waals surface area (Å²) in [5, 5.41) is 12.2. The number of ether oxygens (including phenoxy) is 1. The molecule has 140 valence electrons. The van der Waals surface area contributed by atoms with Gasteiger partial charge in [-0.3, -0.25) is 4.79 Å². The first kappa shape index (κ1) is 19.3. The number of carbonyl (C=O) groups excluding carboxylic acids is 2. The number of thiophene rings is 1. The van der Waals surface area contributed by atoms with Gasteiger partial charge < -0.3 is 10.1 Å². The summed E-state index contributed by atoms with van der Waals surface area (Å²) in [7, 11) is 0. The number of aromatic nitrogens is 1. The number of amides is 1. The number of alkyl halides is 2. The molecule has 0 bridgehead atoms. The van der Waals surface area contributed by atoms with Crippen molar-refractivity contribution in [3.8, 4) is 6.07 Å². The van der Waals surface area contributed by atoms with Crippen molar-refractivity contribution in [2.24, 2.45) is 0 Å². The van der Waals surface area contributed by atoms with Crippen LogP contribution in [0.2, 0.25) is 0 Å². The standard InChI is InChI=1S/C17H13F2N3O3S2/c18-17(19)27-14-10(4-2-6-21-14)16(24)25-8-13(23)22-15-11(7-20)9-3-1-5-12(9)26-15/h2,4,6,17H,1,3,5,8H2,(H,22,23). The number of hydrogen-bond acceptors (Lipinski definition) is 7. The van der Waals surface area contributed by atoms with Crippen LogP contribution in [-0.2, 0) is 22.4 Å². The predicted molar refractivity (Wildman–Crippen MR) is 96.1 cm³/mol. The highest BCUT2D eigenvalue weighted by molar-refractivity contribution is 7.99. The molecule has 10 heteroatoms. The Morgan fingerprint density at radius 2 is 2.26 bits per heavy atom. The van der Waals surface area contributed by atoms with Gasteiger partial charge in [0.05, 0.1) is 11.1 Å². The van der Waals surface area contributed by atoms with E-state index in [9.17, 15) is 23.6 Å². The van der Waals surface area contributed by atoms with Gasteiger partial charge in [0.15, 0.2) is 6.61 Å². The smallest absolute Gasteiger partial charge is 0.341 e. The van der Waals surface area contributed by atoms with Crippen molar-refractivity contribution in [1.82, 2.24) is 4.98 Å². The SMILES string of the molecule is N#Cc1c(NC(=O)COC(=O)c2cccnc2SC(F)F)sc2c1CCC2. The van der Waals surface area contributed by atoms with Crippen molar-refractivity contribution >= 4 is 40.0 Å². The van der Waals surface area contributed by atoms with Crippen LogP contribution in [0, 0.1) is 11.3 Å². The Hall–Kier alpha value is -2.51. The van der Waals surface area contributed by atoms with Gasteiger partial charge in [-0.1, -0.05) is 0 Å². The summed E-state index contributed by atoms with van der Waals surface area (Å²) in [6.07, 6.45) is 3.97. The molecule has 1 amide bonds. The van der Waals surface area contributed by atoms with Gasteiger partial charge in [-0.25, -0.2) is 9.78 Å². The molecule has 0 spiro atoms. The Balaban J connectivity index is 1.62. The minimum atomic E-state index is -2.74. The molecule has 0 saturated heterocycles. The fourth-order valence-corrected chi connectivity index (χ4v) is 4.53. The summed E-state index contributed by atoms with van der Waals surface area (Å²) in [5.41, 5.74) is 1.29. The van der Waals surface area contributed by atoms with Gasteiger partial charge in [0.2, 0.25) is 0 Å². The van der Waals surface area contributed by atoms with E-state index in [1.54, 1.807) is 0 Å².